The molecule has 0 aliphatic carbocycles. The molecule has 0 aliphatic rings. The van der Waals surface area contributed by atoms with E-state index in [0.29, 0.717) is 22.2 Å². The molecule has 2 heterocycles. The Hall–Kier alpha value is -2.17. The molecule has 80 valence electrons. The van der Waals surface area contributed by atoms with Gasteiger partial charge in [-0.25, -0.2) is 14.2 Å². The van der Waals surface area contributed by atoms with Gasteiger partial charge in [0.15, 0.2) is 5.65 Å². The van der Waals surface area contributed by atoms with Crippen LogP contribution in [0.25, 0.3) is 16.6 Å². The van der Waals surface area contributed by atoms with Gasteiger partial charge in [-0.1, -0.05) is 6.07 Å². The number of aromatic nitrogens is 3. The smallest absolute Gasteiger partial charge is 0.306 e. The van der Waals surface area contributed by atoms with Crippen LogP contribution in [0.5, 0.6) is 0 Å². The van der Waals surface area contributed by atoms with Gasteiger partial charge in [0.2, 0.25) is 0 Å². The number of rotatable bonds is 0. The van der Waals surface area contributed by atoms with E-state index in [1.54, 1.807) is 25.3 Å². The van der Waals surface area contributed by atoms with Crippen molar-refractivity contribution in [3.8, 4) is 0 Å². The summed E-state index contributed by atoms with van der Waals surface area (Å²) in [5.74, 6) is -0.385. The van der Waals surface area contributed by atoms with E-state index in [4.69, 9.17) is 0 Å². The summed E-state index contributed by atoms with van der Waals surface area (Å²) in [5, 5.41) is 0.343. The highest BCUT2D eigenvalue weighted by molar-refractivity contribution is 5.91. The van der Waals surface area contributed by atoms with Crippen molar-refractivity contribution in [1.82, 2.24) is 14.4 Å². The number of aryl methyl sites for hydroxylation is 1. The zero-order chi connectivity index (χ0) is 11.3. The lowest BCUT2D eigenvalue weighted by atomic mass is 10.2. The van der Waals surface area contributed by atoms with Crippen LogP contribution < -0.4 is 5.69 Å². The number of nitrogens with zero attached hydrogens (tertiary/aromatic N) is 2. The average Bonchev–Trinajstić information content (AvgIpc) is 2.60. The third-order valence-corrected chi connectivity index (χ3v) is 2.52. The fourth-order valence-corrected chi connectivity index (χ4v) is 1.86. The van der Waals surface area contributed by atoms with Crippen molar-refractivity contribution in [3.05, 3.63) is 46.4 Å². The lowest BCUT2D eigenvalue weighted by Crippen LogP contribution is -2.15. The number of aromatic amines is 1. The second-order valence-electron chi connectivity index (χ2n) is 3.67. The zero-order valence-corrected chi connectivity index (χ0v) is 8.49. The number of benzene rings is 1. The molecule has 0 spiro atoms. The number of halogens is 1. The van der Waals surface area contributed by atoms with Crippen LogP contribution in [-0.2, 0) is 0 Å². The van der Waals surface area contributed by atoms with E-state index in [9.17, 15) is 9.18 Å². The highest BCUT2D eigenvalue weighted by Crippen LogP contribution is 2.19. The standard InChI is InChI=1S/C11H8FN3O/c1-6-5-15-10(13-6)9-7(12)3-2-4-8(9)14-11(15)16/h2-5H,1H3,(H,14,16). The molecule has 0 atom stereocenters. The zero-order valence-electron chi connectivity index (χ0n) is 8.49. The maximum absolute atomic E-state index is 13.7. The van der Waals surface area contributed by atoms with Crippen molar-refractivity contribution in [2.75, 3.05) is 0 Å². The van der Waals surface area contributed by atoms with Gasteiger partial charge in [0.1, 0.15) is 5.82 Å². The van der Waals surface area contributed by atoms with Crippen LogP contribution in [-0.4, -0.2) is 14.4 Å². The molecule has 1 N–H and O–H groups in total. The van der Waals surface area contributed by atoms with Crippen molar-refractivity contribution < 1.29 is 4.39 Å². The first-order valence-corrected chi connectivity index (χ1v) is 4.83. The number of fused-ring (bicyclic) bond motifs is 3. The number of hydrogen-bond acceptors (Lipinski definition) is 2. The molecule has 0 unspecified atom stereocenters. The van der Waals surface area contributed by atoms with Crippen LogP contribution in [0, 0.1) is 12.7 Å². The largest absolute Gasteiger partial charge is 0.331 e. The summed E-state index contributed by atoms with van der Waals surface area (Å²) in [4.78, 5) is 18.4. The first kappa shape index (κ1) is 9.08. The lowest BCUT2D eigenvalue weighted by Gasteiger charge is -2.00. The number of imidazole rings is 1. The Morgan fingerprint density at radius 2 is 2.25 bits per heavy atom. The Kier molecular flexibility index (Phi) is 1.65. The summed E-state index contributed by atoms with van der Waals surface area (Å²) in [7, 11) is 0. The monoisotopic (exact) mass is 217 g/mol. The fraction of sp³-hybridized carbons (Fsp3) is 0.0909. The van der Waals surface area contributed by atoms with Crippen molar-refractivity contribution in [2.45, 2.75) is 6.92 Å². The SMILES string of the molecule is Cc1cn2c(=O)[nH]c3cccc(F)c3c2n1. The Morgan fingerprint density at radius 3 is 3.06 bits per heavy atom. The lowest BCUT2D eigenvalue weighted by molar-refractivity contribution is 0.639. The van der Waals surface area contributed by atoms with Crippen LogP contribution in [0.4, 0.5) is 4.39 Å². The molecule has 0 aliphatic heterocycles. The topological polar surface area (TPSA) is 50.2 Å². The maximum Gasteiger partial charge on any atom is 0.331 e. The number of H-pyrrole nitrogens is 1. The molecule has 0 saturated carbocycles. The highest BCUT2D eigenvalue weighted by atomic mass is 19.1. The van der Waals surface area contributed by atoms with E-state index >= 15 is 0 Å². The summed E-state index contributed by atoms with van der Waals surface area (Å²) in [6, 6.07) is 4.56. The molecule has 3 rings (SSSR count). The van der Waals surface area contributed by atoms with E-state index in [-0.39, 0.29) is 11.5 Å². The molecule has 4 nitrogen and oxygen atoms in total. The van der Waals surface area contributed by atoms with Crippen LogP contribution in [0.1, 0.15) is 5.69 Å². The normalized spacial score (nSPS) is 11.4. The molecule has 0 amide bonds. The molecule has 1 aromatic carbocycles. The number of nitrogens with one attached hydrogen (secondary N) is 1. The molecule has 16 heavy (non-hydrogen) atoms. The molecule has 0 fully saturated rings. The van der Waals surface area contributed by atoms with Crippen LogP contribution in [0.2, 0.25) is 0 Å². The summed E-state index contributed by atoms with van der Waals surface area (Å²) in [6.07, 6.45) is 1.58. The van der Waals surface area contributed by atoms with E-state index in [1.807, 2.05) is 0 Å². The second-order valence-corrected chi connectivity index (χ2v) is 3.67. The quantitative estimate of drug-likeness (QED) is 0.622. The predicted octanol–water partition coefficient (Wildman–Crippen LogP) is 1.62. The third kappa shape index (κ3) is 1.08. The summed E-state index contributed by atoms with van der Waals surface area (Å²) in [6.45, 7) is 1.76. The van der Waals surface area contributed by atoms with Gasteiger partial charge < -0.3 is 4.98 Å². The van der Waals surface area contributed by atoms with Gasteiger partial charge in [0.25, 0.3) is 0 Å². The molecule has 2 aromatic heterocycles. The summed E-state index contributed by atoms with van der Waals surface area (Å²) < 4.78 is 15.0. The molecule has 0 bridgehead atoms. The van der Waals surface area contributed by atoms with E-state index in [0.717, 1.165) is 0 Å². The van der Waals surface area contributed by atoms with Gasteiger partial charge in [-0.2, -0.15) is 0 Å². The van der Waals surface area contributed by atoms with E-state index < -0.39 is 0 Å². The highest BCUT2D eigenvalue weighted by Gasteiger charge is 2.10. The Morgan fingerprint density at radius 1 is 1.44 bits per heavy atom. The van der Waals surface area contributed by atoms with Gasteiger partial charge in [-0.3, -0.25) is 4.40 Å². The predicted molar refractivity (Wildman–Crippen MR) is 58.0 cm³/mol. The third-order valence-electron chi connectivity index (χ3n) is 2.52. The minimum atomic E-state index is -0.385. The Balaban J connectivity index is 2.71. The summed E-state index contributed by atoms with van der Waals surface area (Å²) in [5.41, 5.74) is 1.19. The van der Waals surface area contributed by atoms with Crippen LogP contribution in [0.3, 0.4) is 0 Å². The molecule has 3 aromatic rings. The van der Waals surface area contributed by atoms with Crippen LogP contribution >= 0.6 is 0 Å². The summed E-state index contributed by atoms with van der Waals surface area (Å²) >= 11 is 0. The van der Waals surface area contributed by atoms with Gasteiger partial charge in [0, 0.05) is 6.20 Å². The Bertz CT molecular complexity index is 757. The Labute approximate surface area is 89.4 Å². The van der Waals surface area contributed by atoms with Crippen molar-refractivity contribution >= 4 is 16.6 Å². The molecular formula is C11H8FN3O. The maximum atomic E-state index is 13.7. The van der Waals surface area contributed by atoms with Crippen molar-refractivity contribution in [2.24, 2.45) is 0 Å². The van der Waals surface area contributed by atoms with Gasteiger partial charge in [-0.15, -0.1) is 0 Å². The van der Waals surface area contributed by atoms with E-state index in [1.165, 1.54) is 10.5 Å². The molecule has 5 heteroatoms. The number of hydrogen-bond donors (Lipinski definition) is 1. The minimum Gasteiger partial charge on any atom is -0.306 e. The second kappa shape index (κ2) is 2.91. The molecule has 0 saturated heterocycles. The molecular weight excluding hydrogens is 209 g/mol. The first-order valence-electron chi connectivity index (χ1n) is 4.83. The first-order chi connectivity index (χ1) is 7.66. The van der Waals surface area contributed by atoms with Gasteiger partial charge in [0.05, 0.1) is 16.6 Å². The minimum absolute atomic E-state index is 0.311. The molecule has 0 radical (unpaired) electrons. The van der Waals surface area contributed by atoms with Crippen molar-refractivity contribution in [1.29, 1.82) is 0 Å². The van der Waals surface area contributed by atoms with Gasteiger partial charge >= 0.3 is 5.69 Å². The van der Waals surface area contributed by atoms with Crippen LogP contribution in [0.15, 0.2) is 29.2 Å². The van der Waals surface area contributed by atoms with E-state index in [2.05, 4.69) is 9.97 Å². The van der Waals surface area contributed by atoms with Crippen molar-refractivity contribution in [3.63, 3.8) is 0 Å². The van der Waals surface area contributed by atoms with Gasteiger partial charge in [-0.05, 0) is 19.1 Å². The average molecular weight is 217 g/mol. The fourth-order valence-electron chi connectivity index (χ4n) is 1.86.